The van der Waals surface area contributed by atoms with Crippen LogP contribution in [0.25, 0.3) is 0 Å². The summed E-state index contributed by atoms with van der Waals surface area (Å²) in [5, 5.41) is 7.86. The molecule has 1 atom stereocenters. The van der Waals surface area contributed by atoms with Gasteiger partial charge in [-0.1, -0.05) is 12.1 Å². The maximum Gasteiger partial charge on any atom is 0.123 e. The number of hydrogen-bond donors (Lipinski definition) is 1. The highest BCUT2D eigenvalue weighted by atomic mass is 32.1. The molecule has 0 amide bonds. The Balaban J connectivity index is 1.83. The fraction of sp³-hybridized carbons (Fsp3) is 0.333. The number of halogens is 1. The first-order valence-corrected chi connectivity index (χ1v) is 7.09. The number of aryl methyl sites for hydroxylation is 1. The molecule has 3 heteroatoms. The molecule has 0 spiro atoms. The summed E-state index contributed by atoms with van der Waals surface area (Å²) in [5.74, 6) is -0.173. The van der Waals surface area contributed by atoms with Crippen molar-refractivity contribution in [1.82, 2.24) is 5.32 Å². The zero-order valence-electron chi connectivity index (χ0n) is 10.7. The van der Waals surface area contributed by atoms with E-state index in [1.807, 2.05) is 12.1 Å². The monoisotopic (exact) mass is 263 g/mol. The second-order valence-electron chi connectivity index (χ2n) is 4.69. The van der Waals surface area contributed by atoms with Crippen molar-refractivity contribution in [2.45, 2.75) is 32.9 Å². The fourth-order valence-electron chi connectivity index (χ4n) is 1.90. The van der Waals surface area contributed by atoms with Crippen LogP contribution in [-0.2, 0) is 13.0 Å². The van der Waals surface area contributed by atoms with Crippen molar-refractivity contribution in [3.05, 3.63) is 57.5 Å². The van der Waals surface area contributed by atoms with Crippen LogP contribution in [0.3, 0.4) is 0 Å². The third-order valence-electron chi connectivity index (χ3n) is 3.06. The fourth-order valence-corrected chi connectivity index (χ4v) is 2.76. The lowest BCUT2D eigenvalue weighted by Gasteiger charge is -2.13. The van der Waals surface area contributed by atoms with Crippen LogP contribution in [0, 0.1) is 12.7 Å². The zero-order valence-corrected chi connectivity index (χ0v) is 11.6. The zero-order chi connectivity index (χ0) is 13.0. The van der Waals surface area contributed by atoms with Gasteiger partial charge in [0.05, 0.1) is 0 Å². The number of hydrogen-bond acceptors (Lipinski definition) is 2. The van der Waals surface area contributed by atoms with E-state index in [9.17, 15) is 4.39 Å². The van der Waals surface area contributed by atoms with Crippen LogP contribution in [0.4, 0.5) is 4.39 Å². The van der Waals surface area contributed by atoms with Crippen LogP contribution < -0.4 is 5.32 Å². The number of benzene rings is 1. The lowest BCUT2D eigenvalue weighted by Crippen LogP contribution is -2.27. The summed E-state index contributed by atoms with van der Waals surface area (Å²) < 4.78 is 12.8. The minimum Gasteiger partial charge on any atom is -0.310 e. The van der Waals surface area contributed by atoms with E-state index in [0.29, 0.717) is 6.04 Å². The molecular formula is C15H18FNS. The van der Waals surface area contributed by atoms with E-state index in [1.54, 1.807) is 11.3 Å². The van der Waals surface area contributed by atoms with Crippen molar-refractivity contribution in [3.63, 3.8) is 0 Å². The first-order valence-electron chi connectivity index (χ1n) is 6.14. The van der Waals surface area contributed by atoms with Gasteiger partial charge in [0.15, 0.2) is 0 Å². The summed E-state index contributed by atoms with van der Waals surface area (Å²) >= 11 is 1.74. The molecule has 1 aromatic heterocycles. The summed E-state index contributed by atoms with van der Waals surface area (Å²) in [5.41, 5.74) is 3.88. The first kappa shape index (κ1) is 13.2. The maximum atomic E-state index is 12.8. The van der Waals surface area contributed by atoms with Gasteiger partial charge in [-0.2, -0.15) is 11.3 Å². The first-order chi connectivity index (χ1) is 8.65. The summed E-state index contributed by atoms with van der Waals surface area (Å²) in [6.07, 6.45) is 0.920. The molecule has 1 nitrogen and oxygen atoms in total. The number of rotatable bonds is 5. The van der Waals surface area contributed by atoms with E-state index in [2.05, 4.69) is 29.9 Å². The Morgan fingerprint density at radius 3 is 2.56 bits per heavy atom. The van der Waals surface area contributed by atoms with Crippen LogP contribution in [0.2, 0.25) is 0 Å². The van der Waals surface area contributed by atoms with Gasteiger partial charge < -0.3 is 5.32 Å². The molecule has 0 aliphatic carbocycles. The van der Waals surface area contributed by atoms with Crippen molar-refractivity contribution in [1.29, 1.82) is 0 Å². The van der Waals surface area contributed by atoms with Crippen LogP contribution in [0.5, 0.6) is 0 Å². The smallest absolute Gasteiger partial charge is 0.123 e. The Labute approximate surface area is 112 Å². The quantitative estimate of drug-likeness (QED) is 0.862. The predicted octanol–water partition coefficient (Wildman–Crippen LogP) is 3.92. The molecule has 2 aromatic rings. The average Bonchev–Trinajstić information content (AvgIpc) is 2.75. The molecule has 0 aliphatic rings. The Bertz CT molecular complexity index is 489. The third kappa shape index (κ3) is 3.65. The molecule has 0 saturated heterocycles. The topological polar surface area (TPSA) is 12.0 Å². The van der Waals surface area contributed by atoms with Gasteiger partial charge in [0.2, 0.25) is 0 Å². The lowest BCUT2D eigenvalue weighted by atomic mass is 10.1. The van der Waals surface area contributed by atoms with Gasteiger partial charge in [-0.25, -0.2) is 4.39 Å². The molecule has 0 fully saturated rings. The standard InChI is InChI=1S/C15H18FNS/c1-11-9-18-10-14(11)8-17-12(2)7-13-3-5-15(16)6-4-13/h3-6,9-10,12,17H,7-8H2,1-2H3. The molecule has 18 heavy (non-hydrogen) atoms. The van der Waals surface area contributed by atoms with Gasteiger partial charge in [0, 0.05) is 12.6 Å². The Morgan fingerprint density at radius 2 is 1.94 bits per heavy atom. The molecular weight excluding hydrogens is 245 g/mol. The maximum absolute atomic E-state index is 12.8. The molecule has 2 rings (SSSR count). The van der Waals surface area contributed by atoms with Crippen molar-refractivity contribution in [2.24, 2.45) is 0 Å². The highest BCUT2D eigenvalue weighted by Crippen LogP contribution is 2.13. The van der Waals surface area contributed by atoms with Crippen molar-refractivity contribution in [3.8, 4) is 0 Å². The summed E-state index contributed by atoms with van der Waals surface area (Å²) in [7, 11) is 0. The van der Waals surface area contributed by atoms with Crippen LogP contribution in [-0.4, -0.2) is 6.04 Å². The predicted molar refractivity (Wildman–Crippen MR) is 75.5 cm³/mol. The summed E-state index contributed by atoms with van der Waals surface area (Å²) in [6.45, 7) is 5.20. The van der Waals surface area contributed by atoms with E-state index in [4.69, 9.17) is 0 Å². The lowest BCUT2D eigenvalue weighted by molar-refractivity contribution is 0.544. The van der Waals surface area contributed by atoms with Gasteiger partial charge in [-0.15, -0.1) is 0 Å². The highest BCUT2D eigenvalue weighted by Gasteiger charge is 2.05. The summed E-state index contributed by atoms with van der Waals surface area (Å²) in [6, 6.07) is 7.12. The Hall–Kier alpha value is -1.19. The van der Waals surface area contributed by atoms with Gasteiger partial charge in [-0.3, -0.25) is 0 Å². The van der Waals surface area contributed by atoms with Gasteiger partial charge >= 0.3 is 0 Å². The van der Waals surface area contributed by atoms with Gasteiger partial charge in [-0.05, 0) is 59.9 Å². The molecule has 0 aliphatic heterocycles. The minimum atomic E-state index is -0.173. The second-order valence-corrected chi connectivity index (χ2v) is 5.44. The third-order valence-corrected chi connectivity index (χ3v) is 3.97. The average molecular weight is 263 g/mol. The molecule has 0 saturated carbocycles. The molecule has 1 N–H and O–H groups in total. The minimum absolute atomic E-state index is 0.173. The second kappa shape index (κ2) is 6.12. The van der Waals surface area contributed by atoms with E-state index < -0.39 is 0 Å². The van der Waals surface area contributed by atoms with Crippen LogP contribution >= 0.6 is 11.3 Å². The normalized spacial score (nSPS) is 12.6. The number of nitrogens with one attached hydrogen (secondary N) is 1. The van der Waals surface area contributed by atoms with Crippen LogP contribution in [0.15, 0.2) is 35.0 Å². The molecule has 96 valence electrons. The Morgan fingerprint density at radius 1 is 1.22 bits per heavy atom. The SMILES string of the molecule is Cc1cscc1CNC(C)Cc1ccc(F)cc1. The molecule has 1 heterocycles. The van der Waals surface area contributed by atoms with Crippen molar-refractivity contribution in [2.75, 3.05) is 0 Å². The van der Waals surface area contributed by atoms with E-state index in [-0.39, 0.29) is 5.82 Å². The van der Waals surface area contributed by atoms with Crippen molar-refractivity contribution >= 4 is 11.3 Å². The van der Waals surface area contributed by atoms with Gasteiger partial charge in [0.1, 0.15) is 5.82 Å². The van der Waals surface area contributed by atoms with E-state index in [1.165, 1.54) is 28.8 Å². The van der Waals surface area contributed by atoms with Gasteiger partial charge in [0.25, 0.3) is 0 Å². The largest absolute Gasteiger partial charge is 0.310 e. The molecule has 1 unspecified atom stereocenters. The summed E-state index contributed by atoms with van der Waals surface area (Å²) in [4.78, 5) is 0. The molecule has 0 radical (unpaired) electrons. The Kier molecular flexibility index (Phi) is 4.50. The highest BCUT2D eigenvalue weighted by molar-refractivity contribution is 7.08. The number of thiophene rings is 1. The molecule has 0 bridgehead atoms. The van der Waals surface area contributed by atoms with Crippen molar-refractivity contribution < 1.29 is 4.39 Å². The van der Waals surface area contributed by atoms with Crippen LogP contribution in [0.1, 0.15) is 23.6 Å². The van der Waals surface area contributed by atoms with E-state index >= 15 is 0 Å². The van der Waals surface area contributed by atoms with E-state index in [0.717, 1.165) is 13.0 Å². The molecule has 1 aromatic carbocycles.